The van der Waals surface area contributed by atoms with Crippen LogP contribution in [0.1, 0.15) is 16.2 Å². The number of hydrogen-bond acceptors (Lipinski definition) is 2. The number of hydrogen-bond donors (Lipinski definition) is 1. The first-order valence-corrected chi connectivity index (χ1v) is 7.67. The number of carbonyl (C=O) groups excluding carboxylic acids is 1. The van der Waals surface area contributed by atoms with Crippen LogP contribution in [0.2, 0.25) is 0 Å². The predicted octanol–water partition coefficient (Wildman–Crippen LogP) is 3.11. The van der Waals surface area contributed by atoms with Crippen molar-refractivity contribution in [3.63, 3.8) is 0 Å². The third kappa shape index (κ3) is 2.92. The van der Waals surface area contributed by atoms with E-state index in [9.17, 15) is 4.79 Å². The first-order valence-electron chi connectivity index (χ1n) is 6.59. The number of benzene rings is 2. The van der Waals surface area contributed by atoms with Crippen molar-refractivity contribution in [2.75, 3.05) is 0 Å². The predicted molar refractivity (Wildman–Crippen MR) is 91.0 cm³/mol. The van der Waals surface area contributed by atoms with Gasteiger partial charge in [-0.3, -0.25) is 4.79 Å². The highest BCUT2D eigenvalue weighted by Gasteiger charge is 2.10. The molecule has 0 atom stereocenters. The minimum Gasteiger partial charge on any atom is -0.345 e. The molecule has 0 saturated heterocycles. The molecule has 0 aliphatic rings. The highest BCUT2D eigenvalue weighted by Crippen LogP contribution is 2.14. The summed E-state index contributed by atoms with van der Waals surface area (Å²) in [6.07, 6.45) is 0. The molecular formula is C16H14IN3O. The number of carbonyl (C=O) groups is 1. The van der Waals surface area contributed by atoms with Gasteiger partial charge in [0.2, 0.25) is 0 Å². The largest absolute Gasteiger partial charge is 0.345 e. The van der Waals surface area contributed by atoms with E-state index >= 15 is 0 Å². The van der Waals surface area contributed by atoms with E-state index in [1.165, 1.54) is 0 Å². The molecule has 1 aromatic heterocycles. The van der Waals surface area contributed by atoms with E-state index in [1.54, 1.807) is 0 Å². The molecule has 3 aromatic rings. The van der Waals surface area contributed by atoms with E-state index in [2.05, 4.69) is 32.9 Å². The fourth-order valence-electron chi connectivity index (χ4n) is 2.24. The van der Waals surface area contributed by atoms with Crippen LogP contribution < -0.4 is 5.32 Å². The maximum atomic E-state index is 12.1. The quantitative estimate of drug-likeness (QED) is 0.698. The van der Waals surface area contributed by atoms with Gasteiger partial charge in [0.05, 0.1) is 17.6 Å². The van der Waals surface area contributed by atoms with Gasteiger partial charge in [0, 0.05) is 16.2 Å². The minimum absolute atomic E-state index is 0.0828. The Balaban J connectivity index is 1.77. The van der Waals surface area contributed by atoms with Crippen molar-refractivity contribution >= 4 is 39.5 Å². The molecule has 0 fully saturated rings. The van der Waals surface area contributed by atoms with Crippen LogP contribution in [0, 0.1) is 3.57 Å². The summed E-state index contributed by atoms with van der Waals surface area (Å²) in [5, 5.41) is 2.92. The second kappa shape index (κ2) is 5.85. The van der Waals surface area contributed by atoms with E-state index in [0.717, 1.165) is 20.4 Å². The van der Waals surface area contributed by atoms with Gasteiger partial charge in [0.25, 0.3) is 5.91 Å². The maximum Gasteiger partial charge on any atom is 0.251 e. The fraction of sp³-hybridized carbons (Fsp3) is 0.125. The molecular weight excluding hydrogens is 377 g/mol. The van der Waals surface area contributed by atoms with Gasteiger partial charge in [-0.25, -0.2) is 4.98 Å². The lowest BCUT2D eigenvalue weighted by molar-refractivity contribution is 0.0949. The van der Waals surface area contributed by atoms with Crippen molar-refractivity contribution in [2.24, 2.45) is 7.05 Å². The lowest BCUT2D eigenvalue weighted by atomic mass is 10.2. The Hall–Kier alpha value is -1.89. The second-order valence-electron chi connectivity index (χ2n) is 4.77. The van der Waals surface area contributed by atoms with Crippen molar-refractivity contribution < 1.29 is 4.79 Å². The zero-order valence-corrected chi connectivity index (χ0v) is 13.7. The van der Waals surface area contributed by atoms with Crippen molar-refractivity contribution in [1.29, 1.82) is 0 Å². The Morgan fingerprint density at radius 2 is 2.05 bits per heavy atom. The number of para-hydroxylation sites is 2. The molecule has 2 aromatic carbocycles. The highest BCUT2D eigenvalue weighted by molar-refractivity contribution is 14.1. The first kappa shape index (κ1) is 14.1. The van der Waals surface area contributed by atoms with Crippen molar-refractivity contribution in [3.05, 3.63) is 63.5 Å². The molecule has 0 spiro atoms. The van der Waals surface area contributed by atoms with Gasteiger partial charge >= 0.3 is 0 Å². The van der Waals surface area contributed by atoms with Gasteiger partial charge in [-0.05, 0) is 52.9 Å². The van der Waals surface area contributed by atoms with Crippen LogP contribution in [0.4, 0.5) is 0 Å². The van der Waals surface area contributed by atoms with E-state index in [-0.39, 0.29) is 5.91 Å². The molecule has 106 valence electrons. The molecule has 4 nitrogen and oxygen atoms in total. The normalized spacial score (nSPS) is 10.8. The molecule has 5 heteroatoms. The second-order valence-corrected chi connectivity index (χ2v) is 6.01. The maximum absolute atomic E-state index is 12.1. The smallest absolute Gasteiger partial charge is 0.251 e. The van der Waals surface area contributed by atoms with E-state index in [0.29, 0.717) is 12.1 Å². The first-order chi connectivity index (χ1) is 10.1. The molecule has 0 bridgehead atoms. The van der Waals surface area contributed by atoms with Crippen LogP contribution in [0.3, 0.4) is 0 Å². The number of aromatic nitrogens is 2. The fourth-order valence-corrected chi connectivity index (χ4v) is 2.79. The summed E-state index contributed by atoms with van der Waals surface area (Å²) < 4.78 is 3.05. The van der Waals surface area contributed by atoms with Gasteiger partial charge in [-0.1, -0.05) is 18.2 Å². The Morgan fingerprint density at radius 3 is 2.81 bits per heavy atom. The van der Waals surface area contributed by atoms with Crippen LogP contribution in [0.25, 0.3) is 11.0 Å². The standard InChI is InChI=1S/C16H14IN3O/c1-20-14-8-3-2-7-13(14)19-15(20)10-18-16(21)11-5-4-6-12(17)9-11/h2-9H,10H2,1H3,(H,18,21). The van der Waals surface area contributed by atoms with Crippen LogP contribution in [0.5, 0.6) is 0 Å². The minimum atomic E-state index is -0.0828. The molecule has 0 unspecified atom stereocenters. The van der Waals surface area contributed by atoms with E-state index in [4.69, 9.17) is 0 Å². The number of nitrogens with zero attached hydrogens (tertiary/aromatic N) is 2. The van der Waals surface area contributed by atoms with Crippen LogP contribution in [-0.4, -0.2) is 15.5 Å². The summed E-state index contributed by atoms with van der Waals surface area (Å²) >= 11 is 2.20. The lowest BCUT2D eigenvalue weighted by Crippen LogP contribution is -2.24. The summed E-state index contributed by atoms with van der Waals surface area (Å²) in [6.45, 7) is 0.412. The average molecular weight is 391 g/mol. The molecule has 0 aliphatic carbocycles. The third-order valence-electron chi connectivity index (χ3n) is 3.37. The summed E-state index contributed by atoms with van der Waals surface area (Å²) in [5.41, 5.74) is 2.68. The zero-order chi connectivity index (χ0) is 14.8. The van der Waals surface area contributed by atoms with Crippen molar-refractivity contribution in [1.82, 2.24) is 14.9 Å². The lowest BCUT2D eigenvalue weighted by Gasteiger charge is -2.06. The Kier molecular flexibility index (Phi) is 3.92. The summed E-state index contributed by atoms with van der Waals surface area (Å²) in [7, 11) is 1.96. The summed E-state index contributed by atoms with van der Waals surface area (Å²) in [4.78, 5) is 16.7. The zero-order valence-electron chi connectivity index (χ0n) is 11.5. The molecule has 1 amide bonds. The highest BCUT2D eigenvalue weighted by atomic mass is 127. The molecule has 1 heterocycles. The molecule has 0 radical (unpaired) electrons. The molecule has 21 heavy (non-hydrogen) atoms. The topological polar surface area (TPSA) is 46.9 Å². The Labute approximate surface area is 136 Å². The van der Waals surface area contributed by atoms with Gasteiger partial charge in [0.1, 0.15) is 5.82 Å². The van der Waals surface area contributed by atoms with E-state index < -0.39 is 0 Å². The number of aryl methyl sites for hydroxylation is 1. The Bertz CT molecular complexity index is 810. The Morgan fingerprint density at radius 1 is 1.24 bits per heavy atom. The average Bonchev–Trinajstić information content (AvgIpc) is 2.82. The SMILES string of the molecule is Cn1c(CNC(=O)c2cccc(I)c2)nc2ccccc21. The molecule has 1 N–H and O–H groups in total. The van der Waals surface area contributed by atoms with Gasteiger partial charge in [-0.15, -0.1) is 0 Å². The third-order valence-corrected chi connectivity index (χ3v) is 4.04. The number of rotatable bonds is 3. The monoisotopic (exact) mass is 391 g/mol. The number of fused-ring (bicyclic) bond motifs is 1. The number of nitrogens with one attached hydrogen (secondary N) is 1. The van der Waals surface area contributed by atoms with Crippen LogP contribution in [0.15, 0.2) is 48.5 Å². The number of halogens is 1. The van der Waals surface area contributed by atoms with Crippen molar-refractivity contribution in [3.8, 4) is 0 Å². The number of imidazole rings is 1. The molecule has 0 saturated carbocycles. The summed E-state index contributed by atoms with van der Waals surface area (Å²) in [6, 6.07) is 15.5. The van der Waals surface area contributed by atoms with Crippen LogP contribution in [-0.2, 0) is 13.6 Å². The van der Waals surface area contributed by atoms with Gasteiger partial charge in [0.15, 0.2) is 0 Å². The van der Waals surface area contributed by atoms with Gasteiger partial charge < -0.3 is 9.88 Å². The molecule has 3 rings (SSSR count). The number of amides is 1. The summed E-state index contributed by atoms with van der Waals surface area (Å²) in [5.74, 6) is 0.760. The van der Waals surface area contributed by atoms with E-state index in [1.807, 2.05) is 60.1 Å². The van der Waals surface area contributed by atoms with Gasteiger partial charge in [-0.2, -0.15) is 0 Å². The molecule has 0 aliphatic heterocycles. The van der Waals surface area contributed by atoms with Crippen molar-refractivity contribution in [2.45, 2.75) is 6.54 Å². The van der Waals surface area contributed by atoms with Crippen LogP contribution >= 0.6 is 22.6 Å².